The summed E-state index contributed by atoms with van der Waals surface area (Å²) in [5.74, 6) is 2.82. The topological polar surface area (TPSA) is 360 Å². The predicted octanol–water partition coefficient (Wildman–Crippen LogP) is 1.78. The first-order valence-electron chi connectivity index (χ1n) is 31.7. The van der Waals surface area contributed by atoms with Crippen LogP contribution >= 0.6 is 0 Å². The molecule has 546 valence electrons. The van der Waals surface area contributed by atoms with Crippen LogP contribution in [0.5, 0.6) is 0 Å². The van der Waals surface area contributed by atoms with Crippen LogP contribution in [0, 0.1) is 0 Å². The number of hydrogen-bond donors (Lipinski definition) is 6. The van der Waals surface area contributed by atoms with Gasteiger partial charge in [0.2, 0.25) is 35.4 Å². The van der Waals surface area contributed by atoms with Crippen LogP contribution in [0.15, 0.2) is 20.0 Å². The molecule has 0 aromatic rings. The summed E-state index contributed by atoms with van der Waals surface area (Å²) in [5.41, 5.74) is 16.2. The maximum absolute atomic E-state index is 10.7. The smallest absolute Gasteiger partial charge is 0.219 e. The highest BCUT2D eigenvalue weighted by molar-refractivity contribution is 7.90. The van der Waals surface area contributed by atoms with E-state index in [-0.39, 0.29) is 53.7 Å². The molecule has 0 unspecified atom stereocenters. The third-order valence-corrected chi connectivity index (χ3v) is 13.5. The second kappa shape index (κ2) is 71.2. The molecule has 5 aliphatic heterocycles. The van der Waals surface area contributed by atoms with Crippen LogP contribution in [-0.4, -0.2) is 329 Å². The number of piperidine rings is 1. The van der Waals surface area contributed by atoms with Crippen LogP contribution < -0.4 is 33.2 Å². The lowest BCUT2D eigenvalue weighted by atomic mass is 10.1. The number of nitrogens with one attached hydrogen (secondary N) is 3. The lowest BCUT2D eigenvalue weighted by Crippen LogP contribution is -2.33. The number of amidine groups is 2. The van der Waals surface area contributed by atoms with Gasteiger partial charge in [0.05, 0.1) is 57.0 Å². The Bertz CT molecular complexity index is 1980. The number of nitrogens with two attached hydrogens (primary N) is 3. The molecule has 0 saturated carbocycles. The quantitative estimate of drug-likeness (QED) is 0.0686. The highest BCUT2D eigenvalue weighted by atomic mass is 32.2. The molecule has 0 aromatic heterocycles. The maximum Gasteiger partial charge on any atom is 0.219 e. The molecule has 3 fully saturated rings. The van der Waals surface area contributed by atoms with E-state index in [4.69, 9.17) is 31.4 Å². The Labute approximate surface area is 558 Å². The number of ether oxygens (including phenoxy) is 4. The lowest BCUT2D eigenvalue weighted by Gasteiger charge is -2.24. The number of nitrogens with zero attached hydrogens (tertiary/aromatic N) is 11. The van der Waals surface area contributed by atoms with Crippen molar-refractivity contribution < 1.29 is 56.1 Å². The van der Waals surface area contributed by atoms with E-state index in [0.29, 0.717) is 46.0 Å². The van der Waals surface area contributed by atoms with Crippen molar-refractivity contribution in [3.63, 3.8) is 0 Å². The van der Waals surface area contributed by atoms with Gasteiger partial charge in [0, 0.05) is 208 Å². The van der Waals surface area contributed by atoms with E-state index in [1.54, 1.807) is 71.0 Å². The Hall–Kier alpha value is -5.63. The molecule has 0 aromatic carbocycles. The zero-order valence-electron chi connectivity index (χ0n) is 61.7. The summed E-state index contributed by atoms with van der Waals surface area (Å²) in [6, 6.07) is 0. The van der Waals surface area contributed by atoms with Crippen LogP contribution in [0.2, 0.25) is 0 Å². The number of morpholine rings is 1. The van der Waals surface area contributed by atoms with Gasteiger partial charge >= 0.3 is 0 Å². The molecule has 3 saturated heterocycles. The van der Waals surface area contributed by atoms with Gasteiger partial charge in [-0.25, -0.2) is 8.42 Å². The minimum absolute atomic E-state index is 0.0120. The van der Waals surface area contributed by atoms with Crippen molar-refractivity contribution in [3.8, 4) is 0 Å². The Kier molecular flexibility index (Phi) is 77.4. The number of amides is 6. The fourth-order valence-electron chi connectivity index (χ4n) is 6.08. The summed E-state index contributed by atoms with van der Waals surface area (Å²) in [5, 5.41) is 8.81. The number of methoxy groups -OCH3 is 3. The second-order valence-electron chi connectivity index (χ2n) is 21.6. The number of sulfone groups is 1. The number of guanidine groups is 1. The van der Waals surface area contributed by atoms with Crippen LogP contribution in [0.1, 0.15) is 121 Å². The summed E-state index contributed by atoms with van der Waals surface area (Å²) in [6.07, 6.45) is 10.9. The van der Waals surface area contributed by atoms with E-state index in [2.05, 4.69) is 71.4 Å². The van der Waals surface area contributed by atoms with Gasteiger partial charge < -0.3 is 86.4 Å². The SMILES string of the molecule is CC(=O)N(C)CCN(C)C.CC(=O)N(C)CCS(C)(=O)=O.CC(=O)N1CCCCC1.CC1=NCCC1.CC1=NCCN1.CCCN.CCN=C(N)N.CN1CCOCC1.CN=C1CCCN1.COCCN(C)C(C)=O.COCCN(C)C(C)=O.COCCNC(C)=O. The number of likely N-dealkylation sites (tertiary alicyclic amines) is 1. The van der Waals surface area contributed by atoms with Gasteiger partial charge in [0.1, 0.15) is 9.84 Å². The van der Waals surface area contributed by atoms with E-state index < -0.39 is 9.84 Å². The van der Waals surface area contributed by atoms with Crippen molar-refractivity contribution in [1.29, 1.82) is 0 Å². The van der Waals surface area contributed by atoms with Crippen LogP contribution in [0.3, 0.4) is 0 Å². The average Bonchev–Trinajstić information content (AvgIpc) is 4.49. The number of aliphatic imine (C=N–C) groups is 4. The molecule has 5 aliphatic rings. The summed E-state index contributed by atoms with van der Waals surface area (Å²) in [4.78, 5) is 91.5. The zero-order chi connectivity index (χ0) is 72.3. The molecule has 5 rings (SSSR count). The van der Waals surface area contributed by atoms with E-state index in [1.165, 1.54) is 82.7 Å². The van der Waals surface area contributed by atoms with Crippen molar-refractivity contribution in [1.82, 2.24) is 50.2 Å². The van der Waals surface area contributed by atoms with Crippen molar-refractivity contribution in [3.05, 3.63) is 0 Å². The Balaban J connectivity index is -0.000000172. The third-order valence-electron chi connectivity index (χ3n) is 12.5. The number of carbonyl (C=O) groups excluding carboxylic acids is 6. The third kappa shape index (κ3) is 88.6. The maximum atomic E-state index is 10.7. The highest BCUT2D eigenvalue weighted by Crippen LogP contribution is 2.08. The fourth-order valence-corrected chi connectivity index (χ4v) is 6.69. The fraction of sp³-hybridized carbons (Fsp3) is 0.839. The number of rotatable bonds is 17. The summed E-state index contributed by atoms with van der Waals surface area (Å²) in [6.45, 7) is 34.6. The van der Waals surface area contributed by atoms with Gasteiger partial charge in [-0.1, -0.05) is 6.92 Å². The molecule has 0 bridgehead atoms. The molecular formula is C62H135N17O12S. The van der Waals surface area contributed by atoms with E-state index >= 15 is 0 Å². The summed E-state index contributed by atoms with van der Waals surface area (Å²) < 4.78 is 40.6. The first-order valence-corrected chi connectivity index (χ1v) is 33.8. The first kappa shape index (κ1) is 99.9. The predicted molar refractivity (Wildman–Crippen MR) is 380 cm³/mol. The average molecular weight is 1340 g/mol. The van der Waals surface area contributed by atoms with Gasteiger partial charge in [-0.2, -0.15) is 0 Å². The highest BCUT2D eigenvalue weighted by Gasteiger charge is 2.11. The summed E-state index contributed by atoms with van der Waals surface area (Å²) in [7, 11) is 16.7. The molecule has 0 spiro atoms. The minimum atomic E-state index is -2.95. The Morgan fingerprint density at radius 1 is 0.652 bits per heavy atom. The summed E-state index contributed by atoms with van der Waals surface area (Å²) >= 11 is 0. The molecular weight excluding hydrogens is 1210 g/mol. The lowest BCUT2D eigenvalue weighted by molar-refractivity contribution is -0.130. The largest absolute Gasteiger partial charge is 0.383 e. The van der Waals surface area contributed by atoms with Gasteiger partial charge in [0.15, 0.2) is 5.96 Å². The van der Waals surface area contributed by atoms with Gasteiger partial charge in [-0.05, 0) is 93.4 Å². The molecule has 0 aliphatic carbocycles. The molecule has 92 heavy (non-hydrogen) atoms. The van der Waals surface area contributed by atoms with Crippen LogP contribution in [-0.2, 0) is 57.6 Å². The first-order chi connectivity index (χ1) is 43.1. The number of hydrogen-bond acceptors (Lipinski definition) is 20. The normalized spacial score (nSPS) is 14.3. The van der Waals surface area contributed by atoms with E-state index in [0.717, 1.165) is 110 Å². The second-order valence-corrected chi connectivity index (χ2v) is 23.9. The zero-order valence-corrected chi connectivity index (χ0v) is 62.5. The molecule has 9 N–H and O–H groups in total. The Morgan fingerprint density at radius 2 is 1.13 bits per heavy atom. The monoisotopic (exact) mass is 1340 g/mol. The Morgan fingerprint density at radius 3 is 1.36 bits per heavy atom. The van der Waals surface area contributed by atoms with Gasteiger partial charge in [0.25, 0.3) is 0 Å². The van der Waals surface area contributed by atoms with E-state index in [1.807, 2.05) is 46.9 Å². The number of carbonyl (C=O) groups is 6. The molecule has 29 nitrogen and oxygen atoms in total. The minimum Gasteiger partial charge on any atom is -0.383 e. The van der Waals surface area contributed by atoms with Gasteiger partial charge in [-0.15, -0.1) is 0 Å². The van der Waals surface area contributed by atoms with Gasteiger partial charge in [-0.3, -0.25) is 48.7 Å². The molecule has 0 radical (unpaired) electrons. The molecule has 0 atom stereocenters. The standard InChI is InChI=1S/C7H16N2O.C7H13NO.C6H13NO3S.2C6H13NO2.C5H10N2.C5H11NO2.C5H11NO.C5H9N.C4H8N2.C3H9N3.C3H9N/c1-7(10)9(4)6-5-8(2)3;1-7(9)8-5-3-2-4-6-8;1-6(8)7(2)4-5-11(3,9)10;2*1-6(8)7(2)4-5-9-3;1-6-5-3-2-4-7-5;1-5(7)6-3-4-8-2;1-6-2-4-7-5-3-6;1-5-3-2-4-6-5;1-4-5-2-3-6-4;1-2-6-3(4)5;1-2-3-4/h5-6H2,1-4H3;2-6H2,1H3;4-5H2,1-3H3;2*4-5H2,1-3H3;2-4H2,1H3,(H,6,7);3-4H2,1-2H3,(H,6,7);2-5H2,1H3;2-4H2,1H3;2-3H2,1H3,(H,5,6);2H2,1H3,(H4,4,5,6);2-4H2,1H3. The molecule has 30 heteroatoms. The molecule has 6 amide bonds. The van der Waals surface area contributed by atoms with Crippen molar-refractivity contribution >= 4 is 68.6 Å². The number of likely N-dealkylation sites (N-methyl/N-ethyl adjacent to an activating group) is 5. The van der Waals surface area contributed by atoms with Crippen LogP contribution in [0.4, 0.5) is 0 Å². The van der Waals surface area contributed by atoms with Crippen molar-refractivity contribution in [2.45, 2.75) is 121 Å². The van der Waals surface area contributed by atoms with Crippen molar-refractivity contribution in [2.75, 3.05) is 227 Å². The van der Waals surface area contributed by atoms with Crippen LogP contribution in [0.25, 0.3) is 0 Å². The van der Waals surface area contributed by atoms with Crippen molar-refractivity contribution in [2.24, 2.45) is 37.2 Å². The van der Waals surface area contributed by atoms with E-state index in [9.17, 15) is 37.2 Å². The molecule has 5 heterocycles.